The van der Waals surface area contributed by atoms with Crippen LogP contribution in [0, 0.1) is 19.3 Å². The third-order valence-electron chi connectivity index (χ3n) is 6.56. The average Bonchev–Trinajstić information content (AvgIpc) is 3.31. The second-order valence-corrected chi connectivity index (χ2v) is 9.58. The average molecular weight is 421 g/mol. The van der Waals surface area contributed by atoms with Gasteiger partial charge in [-0.2, -0.15) is 10.2 Å². The summed E-state index contributed by atoms with van der Waals surface area (Å²) in [7, 11) is 0. The highest BCUT2D eigenvalue weighted by Gasteiger charge is 2.31. The molecule has 0 fully saturated rings. The molecule has 0 unspecified atom stereocenters. The zero-order valence-electron chi connectivity index (χ0n) is 19.2. The standard InChI is InChI=1S/C25H32N4O2/c1-6-29-22-14-25(4,5)10-9-18(22)24(28-29)21-13-20(26-27-21)19-12-15(2)17(11-16(19)3)7-8-23(30)31/h11-13H,6-10,14H2,1-5H3,(H,26,27)(H,30,31). The summed E-state index contributed by atoms with van der Waals surface area (Å²) in [5, 5.41) is 21.8. The van der Waals surface area contributed by atoms with E-state index in [4.69, 9.17) is 10.2 Å². The van der Waals surface area contributed by atoms with E-state index in [9.17, 15) is 4.79 Å². The number of hydrogen-bond donors (Lipinski definition) is 2. The third kappa shape index (κ3) is 4.16. The van der Waals surface area contributed by atoms with Gasteiger partial charge in [-0.25, -0.2) is 0 Å². The first kappa shape index (κ1) is 21.3. The van der Waals surface area contributed by atoms with Crippen molar-refractivity contribution in [3.63, 3.8) is 0 Å². The number of aryl methyl sites for hydroxylation is 4. The lowest BCUT2D eigenvalue weighted by molar-refractivity contribution is -0.136. The molecular weight excluding hydrogens is 388 g/mol. The Bertz CT molecular complexity index is 1140. The van der Waals surface area contributed by atoms with Gasteiger partial charge in [0.1, 0.15) is 5.69 Å². The lowest BCUT2D eigenvalue weighted by atomic mass is 9.76. The second-order valence-electron chi connectivity index (χ2n) is 9.58. The fourth-order valence-electron chi connectivity index (χ4n) is 4.72. The fourth-order valence-corrected chi connectivity index (χ4v) is 4.72. The van der Waals surface area contributed by atoms with Crippen LogP contribution in [-0.4, -0.2) is 31.1 Å². The molecule has 4 rings (SSSR count). The zero-order valence-corrected chi connectivity index (χ0v) is 19.2. The maximum atomic E-state index is 10.9. The molecule has 6 heteroatoms. The molecule has 3 aromatic rings. The van der Waals surface area contributed by atoms with Gasteiger partial charge in [0.15, 0.2) is 0 Å². The Kier molecular flexibility index (Phi) is 5.50. The number of carboxylic acid groups (broad SMARTS) is 1. The lowest BCUT2D eigenvalue weighted by Gasteiger charge is -2.30. The molecule has 0 atom stereocenters. The monoisotopic (exact) mass is 420 g/mol. The van der Waals surface area contributed by atoms with Crippen LogP contribution >= 0.6 is 0 Å². The van der Waals surface area contributed by atoms with Gasteiger partial charge >= 0.3 is 5.97 Å². The molecule has 0 spiro atoms. The first-order chi connectivity index (χ1) is 14.7. The van der Waals surface area contributed by atoms with Crippen LogP contribution in [0.25, 0.3) is 22.6 Å². The molecule has 164 valence electrons. The fraction of sp³-hybridized carbons (Fsp3) is 0.480. The van der Waals surface area contributed by atoms with E-state index < -0.39 is 5.97 Å². The highest BCUT2D eigenvalue weighted by molar-refractivity contribution is 5.72. The van der Waals surface area contributed by atoms with Crippen LogP contribution in [0.3, 0.4) is 0 Å². The van der Waals surface area contributed by atoms with Crippen LogP contribution in [0.4, 0.5) is 0 Å². The summed E-state index contributed by atoms with van der Waals surface area (Å²) >= 11 is 0. The van der Waals surface area contributed by atoms with Crippen LogP contribution < -0.4 is 0 Å². The zero-order chi connectivity index (χ0) is 22.3. The molecule has 2 heterocycles. The molecule has 6 nitrogen and oxygen atoms in total. The summed E-state index contributed by atoms with van der Waals surface area (Å²) in [4.78, 5) is 10.9. The van der Waals surface area contributed by atoms with Crippen LogP contribution in [0.5, 0.6) is 0 Å². The molecule has 0 amide bonds. The van der Waals surface area contributed by atoms with Crippen molar-refractivity contribution in [1.29, 1.82) is 0 Å². The number of benzene rings is 1. The van der Waals surface area contributed by atoms with Crippen molar-refractivity contribution in [1.82, 2.24) is 20.0 Å². The van der Waals surface area contributed by atoms with Gasteiger partial charge < -0.3 is 5.11 Å². The summed E-state index contributed by atoms with van der Waals surface area (Å²) < 4.78 is 2.15. The van der Waals surface area contributed by atoms with Gasteiger partial charge in [0.05, 0.1) is 11.4 Å². The van der Waals surface area contributed by atoms with Crippen LogP contribution in [0.1, 0.15) is 61.6 Å². The van der Waals surface area contributed by atoms with Crippen LogP contribution in [0.2, 0.25) is 0 Å². The number of aromatic nitrogens is 4. The van der Waals surface area contributed by atoms with E-state index in [1.165, 1.54) is 17.7 Å². The molecule has 1 aliphatic rings. The molecule has 0 saturated carbocycles. The van der Waals surface area contributed by atoms with Crippen molar-refractivity contribution in [3.8, 4) is 22.6 Å². The number of nitrogens with one attached hydrogen (secondary N) is 1. The summed E-state index contributed by atoms with van der Waals surface area (Å²) in [6.07, 6.45) is 3.96. The van der Waals surface area contributed by atoms with Crippen molar-refractivity contribution in [3.05, 3.63) is 46.1 Å². The Labute approximate surface area is 183 Å². The molecule has 1 aliphatic carbocycles. The van der Waals surface area contributed by atoms with E-state index in [1.54, 1.807) is 0 Å². The van der Waals surface area contributed by atoms with E-state index in [0.717, 1.165) is 58.7 Å². The maximum absolute atomic E-state index is 10.9. The van der Waals surface area contributed by atoms with Crippen molar-refractivity contribution >= 4 is 5.97 Å². The van der Waals surface area contributed by atoms with Gasteiger partial charge in [-0.15, -0.1) is 0 Å². The van der Waals surface area contributed by atoms with Gasteiger partial charge in [-0.3, -0.25) is 14.6 Å². The molecule has 0 radical (unpaired) electrons. The quantitative estimate of drug-likeness (QED) is 0.580. The first-order valence-electron chi connectivity index (χ1n) is 11.1. The van der Waals surface area contributed by atoms with Crippen LogP contribution in [0.15, 0.2) is 18.2 Å². The van der Waals surface area contributed by atoms with E-state index in [0.29, 0.717) is 11.8 Å². The number of carboxylic acids is 1. The number of rotatable bonds is 6. The molecule has 2 aromatic heterocycles. The van der Waals surface area contributed by atoms with Gasteiger partial charge in [0, 0.05) is 29.8 Å². The van der Waals surface area contributed by atoms with Crippen molar-refractivity contribution in [2.75, 3.05) is 0 Å². The summed E-state index contributed by atoms with van der Waals surface area (Å²) in [5.41, 5.74) is 10.3. The normalized spacial score (nSPS) is 15.1. The third-order valence-corrected chi connectivity index (χ3v) is 6.56. The number of hydrogen-bond acceptors (Lipinski definition) is 3. The highest BCUT2D eigenvalue weighted by atomic mass is 16.4. The van der Waals surface area contributed by atoms with E-state index in [-0.39, 0.29) is 6.42 Å². The number of aromatic amines is 1. The van der Waals surface area contributed by atoms with Gasteiger partial charge in [0.25, 0.3) is 0 Å². The highest BCUT2D eigenvalue weighted by Crippen LogP contribution is 2.39. The number of H-pyrrole nitrogens is 1. The number of nitrogens with zero attached hydrogens (tertiary/aromatic N) is 3. The Hall–Kier alpha value is -2.89. The minimum Gasteiger partial charge on any atom is -0.481 e. The van der Waals surface area contributed by atoms with Gasteiger partial charge in [-0.05, 0) is 80.7 Å². The molecule has 0 bridgehead atoms. The number of carbonyl (C=O) groups is 1. The molecule has 31 heavy (non-hydrogen) atoms. The van der Waals surface area contributed by atoms with Crippen molar-refractivity contribution in [2.24, 2.45) is 5.41 Å². The predicted molar refractivity (Wildman–Crippen MR) is 122 cm³/mol. The van der Waals surface area contributed by atoms with E-state index in [1.807, 2.05) is 6.92 Å². The Balaban J connectivity index is 1.68. The smallest absolute Gasteiger partial charge is 0.303 e. The minimum atomic E-state index is -0.767. The minimum absolute atomic E-state index is 0.147. The van der Waals surface area contributed by atoms with Gasteiger partial charge in [-0.1, -0.05) is 19.9 Å². The van der Waals surface area contributed by atoms with Crippen LogP contribution in [-0.2, 0) is 30.6 Å². The predicted octanol–water partition coefficient (Wildman–Crippen LogP) is 5.11. The number of aliphatic carboxylic acids is 1. The Morgan fingerprint density at radius 3 is 2.71 bits per heavy atom. The molecule has 0 saturated heterocycles. The summed E-state index contributed by atoms with van der Waals surface area (Å²) in [6.45, 7) is 11.8. The van der Waals surface area contributed by atoms with Crippen molar-refractivity contribution in [2.45, 2.75) is 73.3 Å². The largest absolute Gasteiger partial charge is 0.481 e. The van der Waals surface area contributed by atoms with Gasteiger partial charge in [0.2, 0.25) is 0 Å². The van der Waals surface area contributed by atoms with E-state index in [2.05, 4.69) is 60.8 Å². The maximum Gasteiger partial charge on any atom is 0.303 e. The molecule has 2 N–H and O–H groups in total. The van der Waals surface area contributed by atoms with E-state index >= 15 is 0 Å². The van der Waals surface area contributed by atoms with Crippen molar-refractivity contribution < 1.29 is 9.90 Å². The molecule has 1 aromatic carbocycles. The first-order valence-corrected chi connectivity index (χ1v) is 11.1. The summed E-state index contributed by atoms with van der Waals surface area (Å²) in [5.74, 6) is -0.767. The SMILES string of the molecule is CCn1nc(-c2cc(-c3cc(C)c(CCC(=O)O)cc3C)n[nH]2)c2c1CC(C)(C)CC2. The molecule has 0 aliphatic heterocycles. The number of fused-ring (bicyclic) bond motifs is 1. The lowest BCUT2D eigenvalue weighted by Crippen LogP contribution is -2.24. The molecular formula is C25H32N4O2. The summed E-state index contributed by atoms with van der Waals surface area (Å²) in [6, 6.07) is 6.31. The second kappa shape index (κ2) is 7.98. The Morgan fingerprint density at radius 1 is 1.23 bits per heavy atom. The topological polar surface area (TPSA) is 83.8 Å². The Morgan fingerprint density at radius 2 is 2.00 bits per heavy atom.